The van der Waals surface area contributed by atoms with E-state index in [1.54, 1.807) is 6.07 Å². The lowest BCUT2D eigenvalue weighted by Gasteiger charge is -2.46. The number of amides is 2. The molecule has 3 rings (SSSR count). The first-order chi connectivity index (χ1) is 12.6. The molecular formula is C17H22FN3O5S. The van der Waals surface area contributed by atoms with Gasteiger partial charge in [0.15, 0.2) is 9.84 Å². The summed E-state index contributed by atoms with van der Waals surface area (Å²) in [6.45, 7) is 3.98. The van der Waals surface area contributed by atoms with E-state index < -0.39 is 33.2 Å². The maximum Gasteiger partial charge on any atom is 0.414 e. The highest BCUT2D eigenvalue weighted by Gasteiger charge is 2.44. The monoisotopic (exact) mass is 399 g/mol. The molecule has 0 unspecified atom stereocenters. The molecule has 0 saturated carbocycles. The molecular weight excluding hydrogens is 377 g/mol. The fourth-order valence-corrected chi connectivity index (χ4v) is 5.15. The molecule has 0 spiro atoms. The van der Waals surface area contributed by atoms with Gasteiger partial charge in [-0.2, -0.15) is 0 Å². The number of ether oxygens (including phenoxy) is 1. The van der Waals surface area contributed by atoms with E-state index in [1.807, 2.05) is 6.92 Å². The summed E-state index contributed by atoms with van der Waals surface area (Å²) in [7, 11) is -3.34. The summed E-state index contributed by atoms with van der Waals surface area (Å²) in [4.78, 5) is 25.8. The third kappa shape index (κ3) is 3.85. The lowest BCUT2D eigenvalue weighted by Crippen LogP contribution is -2.59. The van der Waals surface area contributed by atoms with Crippen molar-refractivity contribution < 1.29 is 27.1 Å². The van der Waals surface area contributed by atoms with E-state index >= 15 is 0 Å². The van der Waals surface area contributed by atoms with E-state index in [9.17, 15) is 22.4 Å². The smallest absolute Gasteiger partial charge is 0.414 e. The molecule has 2 heterocycles. The number of nitrogens with one attached hydrogen (secondary N) is 1. The molecule has 0 radical (unpaired) electrons. The van der Waals surface area contributed by atoms with Crippen molar-refractivity contribution in [1.29, 1.82) is 0 Å². The van der Waals surface area contributed by atoms with Gasteiger partial charge in [0.25, 0.3) is 0 Å². The maximum absolute atomic E-state index is 14.7. The molecule has 1 aromatic carbocycles. The Kier molecular flexibility index (Phi) is 5.02. The molecule has 2 aliphatic rings. The Morgan fingerprint density at radius 3 is 2.63 bits per heavy atom. The summed E-state index contributed by atoms with van der Waals surface area (Å²) in [5.74, 6) is -0.919. The van der Waals surface area contributed by atoms with Gasteiger partial charge in [0, 0.05) is 25.6 Å². The van der Waals surface area contributed by atoms with Gasteiger partial charge >= 0.3 is 6.09 Å². The van der Waals surface area contributed by atoms with E-state index in [0.717, 1.165) is 6.26 Å². The van der Waals surface area contributed by atoms with Crippen molar-refractivity contribution >= 4 is 33.2 Å². The van der Waals surface area contributed by atoms with Gasteiger partial charge in [0.2, 0.25) is 5.91 Å². The van der Waals surface area contributed by atoms with Gasteiger partial charge < -0.3 is 15.0 Å². The minimum Gasteiger partial charge on any atom is -0.442 e. The van der Waals surface area contributed by atoms with Crippen molar-refractivity contribution in [2.45, 2.75) is 25.3 Å². The topological polar surface area (TPSA) is 96.0 Å². The van der Waals surface area contributed by atoms with E-state index in [4.69, 9.17) is 4.74 Å². The van der Waals surface area contributed by atoms with Crippen LogP contribution >= 0.6 is 0 Å². The average molecular weight is 399 g/mol. The van der Waals surface area contributed by atoms with Gasteiger partial charge in [-0.25, -0.2) is 17.6 Å². The maximum atomic E-state index is 14.7. The highest BCUT2D eigenvalue weighted by molar-refractivity contribution is 7.91. The van der Waals surface area contributed by atoms with Crippen LogP contribution in [0.5, 0.6) is 0 Å². The zero-order chi connectivity index (χ0) is 19.9. The largest absolute Gasteiger partial charge is 0.442 e. The number of carbonyl (C=O) groups is 2. The first-order valence-electron chi connectivity index (χ1n) is 8.55. The van der Waals surface area contributed by atoms with Gasteiger partial charge in [-0.1, -0.05) is 6.92 Å². The number of cyclic esters (lactones) is 1. The SMILES string of the molecule is CC(=O)NC[C@H]1CN(c2ccc(N3C[C@H](C)[C@@H]3S(C)(=O)=O)c(F)c2)C(=O)O1. The minimum absolute atomic E-state index is 0.0813. The number of halogens is 1. The molecule has 1 N–H and O–H groups in total. The fourth-order valence-electron chi connectivity index (χ4n) is 3.55. The van der Waals surface area contributed by atoms with E-state index in [-0.39, 0.29) is 30.6 Å². The van der Waals surface area contributed by atoms with Gasteiger partial charge in [-0.3, -0.25) is 9.69 Å². The van der Waals surface area contributed by atoms with Crippen LogP contribution in [0.15, 0.2) is 18.2 Å². The van der Waals surface area contributed by atoms with Crippen LogP contribution in [0, 0.1) is 11.7 Å². The van der Waals surface area contributed by atoms with Crippen molar-refractivity contribution in [3.8, 4) is 0 Å². The van der Waals surface area contributed by atoms with E-state index in [2.05, 4.69) is 5.32 Å². The van der Waals surface area contributed by atoms with Crippen LogP contribution in [0.3, 0.4) is 0 Å². The van der Waals surface area contributed by atoms with Crippen LogP contribution in [-0.2, 0) is 19.4 Å². The summed E-state index contributed by atoms with van der Waals surface area (Å²) in [6, 6.07) is 4.23. The molecule has 2 saturated heterocycles. The van der Waals surface area contributed by atoms with Crippen LogP contribution in [0.4, 0.5) is 20.6 Å². The minimum atomic E-state index is -3.34. The number of rotatable bonds is 5. The second-order valence-electron chi connectivity index (χ2n) is 7.04. The molecule has 1 aromatic rings. The van der Waals surface area contributed by atoms with Crippen molar-refractivity contribution in [3.63, 3.8) is 0 Å². The lowest BCUT2D eigenvalue weighted by molar-refractivity contribution is -0.119. The first kappa shape index (κ1) is 19.4. The Morgan fingerprint density at radius 1 is 1.37 bits per heavy atom. The van der Waals surface area contributed by atoms with Crippen molar-refractivity contribution in [1.82, 2.24) is 5.32 Å². The molecule has 2 amide bonds. The van der Waals surface area contributed by atoms with Crippen LogP contribution in [0.25, 0.3) is 0 Å². The molecule has 27 heavy (non-hydrogen) atoms. The molecule has 148 valence electrons. The van der Waals surface area contributed by atoms with Gasteiger partial charge in [0.1, 0.15) is 17.3 Å². The standard InChI is InChI=1S/C17H22FN3O5S/c1-10-8-21(16(10)27(3,24)25)15-5-4-12(6-14(15)18)20-9-13(26-17(20)23)7-19-11(2)22/h4-6,10,13,16H,7-9H2,1-3H3,(H,19,22)/t10-,13-,16-/m0/s1. The molecule has 10 heteroatoms. The highest BCUT2D eigenvalue weighted by Crippen LogP contribution is 2.37. The fraction of sp³-hybridized carbons (Fsp3) is 0.529. The molecule has 0 bridgehead atoms. The zero-order valence-electron chi connectivity index (χ0n) is 15.3. The van der Waals surface area contributed by atoms with Crippen molar-refractivity contribution in [2.75, 3.05) is 35.7 Å². The van der Waals surface area contributed by atoms with Crippen molar-refractivity contribution in [3.05, 3.63) is 24.0 Å². The van der Waals surface area contributed by atoms with E-state index in [0.29, 0.717) is 12.2 Å². The van der Waals surface area contributed by atoms with Crippen molar-refractivity contribution in [2.24, 2.45) is 5.92 Å². The summed E-state index contributed by atoms with van der Waals surface area (Å²) in [5.41, 5.74) is 0.505. The van der Waals surface area contributed by atoms with Crippen LogP contribution in [0.1, 0.15) is 13.8 Å². The van der Waals surface area contributed by atoms with Crippen LogP contribution in [0.2, 0.25) is 0 Å². The second kappa shape index (κ2) is 6.99. The molecule has 8 nitrogen and oxygen atoms in total. The quantitative estimate of drug-likeness (QED) is 0.797. The number of anilines is 2. The Morgan fingerprint density at radius 2 is 2.07 bits per heavy atom. The third-order valence-corrected chi connectivity index (χ3v) is 6.32. The molecule has 2 aliphatic heterocycles. The van der Waals surface area contributed by atoms with E-state index in [1.165, 1.54) is 28.9 Å². The Hall–Kier alpha value is -2.36. The van der Waals surface area contributed by atoms with Crippen LogP contribution < -0.4 is 15.1 Å². The summed E-state index contributed by atoms with van der Waals surface area (Å²) >= 11 is 0. The Balaban J connectivity index is 1.76. The van der Waals surface area contributed by atoms with Gasteiger partial charge in [-0.05, 0) is 18.2 Å². The Labute approximate surface area is 157 Å². The number of benzene rings is 1. The first-order valence-corrected chi connectivity index (χ1v) is 10.5. The summed E-state index contributed by atoms with van der Waals surface area (Å²) in [6.07, 6.45) is 0.00118. The highest BCUT2D eigenvalue weighted by atomic mass is 32.2. The van der Waals surface area contributed by atoms with Gasteiger partial charge in [-0.15, -0.1) is 0 Å². The van der Waals surface area contributed by atoms with Gasteiger partial charge in [0.05, 0.1) is 24.5 Å². The third-order valence-electron chi connectivity index (χ3n) is 4.72. The molecule has 0 aromatic heterocycles. The molecule has 3 atom stereocenters. The second-order valence-corrected chi connectivity index (χ2v) is 9.18. The molecule has 2 fully saturated rings. The molecule has 0 aliphatic carbocycles. The summed E-state index contributed by atoms with van der Waals surface area (Å²) in [5, 5.41) is 1.82. The predicted octanol–water partition coefficient (Wildman–Crippen LogP) is 1.11. The number of hydrogen-bond acceptors (Lipinski definition) is 6. The number of carbonyl (C=O) groups excluding carboxylic acids is 2. The lowest BCUT2D eigenvalue weighted by atomic mass is 10.0. The predicted molar refractivity (Wildman–Crippen MR) is 97.8 cm³/mol. The number of nitrogens with zero attached hydrogens (tertiary/aromatic N) is 2. The number of hydrogen-bond donors (Lipinski definition) is 1. The van der Waals surface area contributed by atoms with Crippen LogP contribution in [-0.4, -0.2) is 57.8 Å². The normalized spacial score (nSPS) is 25.2. The number of sulfone groups is 1. The summed E-state index contributed by atoms with van der Waals surface area (Å²) < 4.78 is 43.7. The Bertz CT molecular complexity index is 875. The zero-order valence-corrected chi connectivity index (χ0v) is 16.1. The average Bonchev–Trinajstić information content (AvgIpc) is 2.90.